The number of nitrogens with zero attached hydrogens (tertiary/aromatic N) is 2. The monoisotopic (exact) mass is 256 g/mol. The van der Waals surface area contributed by atoms with Gasteiger partial charge >= 0.3 is 0 Å². The minimum absolute atomic E-state index is 0.0470. The number of aromatic amines is 1. The zero-order chi connectivity index (χ0) is 11.9. The number of fused-ring (bicyclic) bond motifs is 3. The van der Waals surface area contributed by atoms with Gasteiger partial charge in [-0.2, -0.15) is 0 Å². The van der Waals surface area contributed by atoms with Gasteiger partial charge in [0.1, 0.15) is 0 Å². The molecule has 17 heavy (non-hydrogen) atoms. The van der Waals surface area contributed by atoms with Gasteiger partial charge in [-0.05, 0) is 31.8 Å². The molecule has 0 saturated carbocycles. The second-order valence-corrected chi connectivity index (χ2v) is 6.46. The fourth-order valence-corrected chi connectivity index (χ4v) is 3.95. The summed E-state index contributed by atoms with van der Waals surface area (Å²) >= 11 is 0. The highest BCUT2D eigenvalue weighted by molar-refractivity contribution is 7.89. The number of aromatic nitrogens is 2. The molecule has 1 aromatic heterocycles. The lowest BCUT2D eigenvalue weighted by Crippen LogP contribution is -2.57. The van der Waals surface area contributed by atoms with Crippen molar-refractivity contribution >= 4 is 10.0 Å². The quantitative estimate of drug-likeness (QED) is 0.784. The van der Waals surface area contributed by atoms with Crippen molar-refractivity contribution in [3.8, 4) is 0 Å². The Hall–Kier alpha value is -0.920. The smallest absolute Gasteiger partial charge is 0.257 e. The Morgan fingerprint density at radius 1 is 1.41 bits per heavy atom. The maximum absolute atomic E-state index is 12.0. The first-order valence-electron chi connectivity index (χ1n) is 5.88. The molecule has 0 radical (unpaired) electrons. The summed E-state index contributed by atoms with van der Waals surface area (Å²) in [7, 11) is -3.43. The standard InChI is InChI=1S/C10H16N4O2S/c15-17(16,10-5-11-7-12-10)13-9-6-14-3-1-8(9)2-4-14/h5,7-9,13H,1-4,6H2,(H,11,12). The van der Waals surface area contributed by atoms with Gasteiger partial charge in [0.15, 0.2) is 5.03 Å². The molecular weight excluding hydrogens is 240 g/mol. The minimum Gasteiger partial charge on any atom is -0.335 e. The molecule has 3 aliphatic heterocycles. The summed E-state index contributed by atoms with van der Waals surface area (Å²) in [6, 6.07) is 0.0470. The van der Waals surface area contributed by atoms with Gasteiger partial charge in [0, 0.05) is 12.6 Å². The van der Waals surface area contributed by atoms with Gasteiger partial charge in [-0.1, -0.05) is 0 Å². The average Bonchev–Trinajstić information content (AvgIpc) is 2.84. The normalized spacial score (nSPS) is 32.8. The van der Waals surface area contributed by atoms with Crippen molar-refractivity contribution in [1.29, 1.82) is 0 Å². The summed E-state index contributed by atoms with van der Waals surface area (Å²) in [5, 5.41) is 0.147. The van der Waals surface area contributed by atoms with Gasteiger partial charge in [0.2, 0.25) is 0 Å². The largest absolute Gasteiger partial charge is 0.335 e. The zero-order valence-corrected chi connectivity index (χ0v) is 10.3. The van der Waals surface area contributed by atoms with E-state index in [1.165, 1.54) is 12.5 Å². The molecule has 3 aliphatic rings. The van der Waals surface area contributed by atoms with Gasteiger partial charge in [0.25, 0.3) is 10.0 Å². The second-order valence-electron chi connectivity index (χ2n) is 4.78. The number of piperidine rings is 3. The fraction of sp³-hybridized carbons (Fsp3) is 0.700. The Morgan fingerprint density at radius 3 is 2.71 bits per heavy atom. The molecule has 0 aliphatic carbocycles. The maximum atomic E-state index is 12.0. The average molecular weight is 256 g/mol. The molecule has 1 unspecified atom stereocenters. The summed E-state index contributed by atoms with van der Waals surface area (Å²) in [5.41, 5.74) is 0. The Kier molecular flexibility index (Phi) is 2.68. The van der Waals surface area contributed by atoms with E-state index in [0.29, 0.717) is 5.92 Å². The molecule has 6 nitrogen and oxygen atoms in total. The second kappa shape index (κ2) is 4.08. The lowest BCUT2D eigenvalue weighted by molar-refractivity contribution is 0.0827. The van der Waals surface area contributed by atoms with Gasteiger partial charge in [0.05, 0.1) is 12.5 Å². The number of hydrogen-bond acceptors (Lipinski definition) is 4. The van der Waals surface area contributed by atoms with E-state index in [0.717, 1.165) is 32.5 Å². The van der Waals surface area contributed by atoms with Gasteiger partial charge in [-0.15, -0.1) is 0 Å². The van der Waals surface area contributed by atoms with Crippen LogP contribution < -0.4 is 4.72 Å². The van der Waals surface area contributed by atoms with Crippen LogP contribution >= 0.6 is 0 Å². The molecule has 2 bridgehead atoms. The molecule has 0 amide bonds. The molecule has 7 heteroatoms. The van der Waals surface area contributed by atoms with E-state index in [1.807, 2.05) is 0 Å². The third kappa shape index (κ3) is 2.10. The molecule has 2 N–H and O–H groups in total. The van der Waals surface area contributed by atoms with Crippen LogP contribution in [0, 0.1) is 5.92 Å². The fourth-order valence-electron chi connectivity index (χ4n) is 2.75. The Balaban J connectivity index is 1.75. The topological polar surface area (TPSA) is 78.1 Å². The Bertz CT molecular complexity index is 476. The summed E-state index contributed by atoms with van der Waals surface area (Å²) in [4.78, 5) is 8.70. The van der Waals surface area contributed by atoms with Crippen LogP contribution in [-0.4, -0.2) is 49.0 Å². The third-order valence-electron chi connectivity index (χ3n) is 3.73. The Labute approximate surface area is 100 Å². The van der Waals surface area contributed by atoms with E-state index in [4.69, 9.17) is 0 Å². The van der Waals surface area contributed by atoms with Crippen molar-refractivity contribution in [2.24, 2.45) is 5.92 Å². The van der Waals surface area contributed by atoms with Crippen LogP contribution in [0.5, 0.6) is 0 Å². The van der Waals surface area contributed by atoms with E-state index in [9.17, 15) is 8.42 Å². The van der Waals surface area contributed by atoms with E-state index >= 15 is 0 Å². The van der Waals surface area contributed by atoms with Crippen LogP contribution in [0.1, 0.15) is 12.8 Å². The molecule has 4 heterocycles. The highest BCUT2D eigenvalue weighted by Gasteiger charge is 2.36. The van der Waals surface area contributed by atoms with Crippen molar-refractivity contribution in [2.45, 2.75) is 23.9 Å². The molecular formula is C10H16N4O2S. The predicted molar refractivity (Wildman–Crippen MR) is 61.9 cm³/mol. The highest BCUT2D eigenvalue weighted by atomic mass is 32.2. The van der Waals surface area contributed by atoms with Crippen LogP contribution in [0.25, 0.3) is 0 Å². The molecule has 0 aromatic carbocycles. The van der Waals surface area contributed by atoms with Crippen LogP contribution in [0.15, 0.2) is 17.6 Å². The first kappa shape index (κ1) is 11.2. The Morgan fingerprint density at radius 2 is 2.18 bits per heavy atom. The molecule has 3 fully saturated rings. The highest BCUT2D eigenvalue weighted by Crippen LogP contribution is 2.28. The summed E-state index contributed by atoms with van der Waals surface area (Å²) in [6.07, 6.45) is 4.90. The van der Waals surface area contributed by atoms with Crippen molar-refractivity contribution in [3.63, 3.8) is 0 Å². The van der Waals surface area contributed by atoms with Crippen LogP contribution in [0.2, 0.25) is 0 Å². The number of nitrogens with one attached hydrogen (secondary N) is 2. The van der Waals surface area contributed by atoms with Gasteiger partial charge < -0.3 is 9.88 Å². The van der Waals surface area contributed by atoms with Gasteiger partial charge in [-0.25, -0.2) is 18.1 Å². The first-order chi connectivity index (χ1) is 8.15. The number of imidazole rings is 1. The number of H-pyrrole nitrogens is 1. The lowest BCUT2D eigenvalue weighted by Gasteiger charge is -2.44. The molecule has 1 atom stereocenters. The number of rotatable bonds is 3. The number of hydrogen-bond donors (Lipinski definition) is 2. The van der Waals surface area contributed by atoms with Crippen LogP contribution in [0.3, 0.4) is 0 Å². The minimum atomic E-state index is -3.43. The summed E-state index contributed by atoms with van der Waals surface area (Å²) < 4.78 is 26.9. The SMILES string of the molecule is O=S(=O)(NC1CN2CCC1CC2)c1cnc[nH]1. The van der Waals surface area contributed by atoms with Crippen molar-refractivity contribution in [2.75, 3.05) is 19.6 Å². The first-order valence-corrected chi connectivity index (χ1v) is 7.36. The predicted octanol–water partition coefficient (Wildman–Crippen LogP) is -0.218. The molecule has 3 saturated heterocycles. The van der Waals surface area contributed by atoms with Crippen molar-refractivity contribution in [3.05, 3.63) is 12.5 Å². The van der Waals surface area contributed by atoms with Crippen LogP contribution in [0.4, 0.5) is 0 Å². The lowest BCUT2D eigenvalue weighted by atomic mass is 9.85. The zero-order valence-electron chi connectivity index (χ0n) is 9.46. The molecule has 94 valence electrons. The van der Waals surface area contributed by atoms with Crippen LogP contribution in [-0.2, 0) is 10.0 Å². The van der Waals surface area contributed by atoms with E-state index in [2.05, 4.69) is 19.6 Å². The van der Waals surface area contributed by atoms with E-state index < -0.39 is 10.0 Å². The maximum Gasteiger partial charge on any atom is 0.257 e. The molecule has 4 rings (SSSR count). The van der Waals surface area contributed by atoms with Gasteiger partial charge in [-0.3, -0.25) is 0 Å². The molecule has 1 aromatic rings. The summed E-state index contributed by atoms with van der Waals surface area (Å²) in [5.74, 6) is 0.484. The molecule has 0 spiro atoms. The van der Waals surface area contributed by atoms with Crippen molar-refractivity contribution in [1.82, 2.24) is 19.6 Å². The summed E-state index contributed by atoms with van der Waals surface area (Å²) in [6.45, 7) is 3.04. The van der Waals surface area contributed by atoms with E-state index in [1.54, 1.807) is 0 Å². The van der Waals surface area contributed by atoms with Crippen molar-refractivity contribution < 1.29 is 8.42 Å². The van der Waals surface area contributed by atoms with E-state index in [-0.39, 0.29) is 11.1 Å². The number of sulfonamides is 1. The third-order valence-corrected chi connectivity index (χ3v) is 5.14.